The van der Waals surface area contributed by atoms with Gasteiger partial charge in [-0.3, -0.25) is 25.8 Å². The van der Waals surface area contributed by atoms with Crippen LogP contribution in [0.25, 0.3) is 6.08 Å². The molecule has 0 atom stereocenters. The van der Waals surface area contributed by atoms with Gasteiger partial charge in [0.25, 0.3) is 5.91 Å². The number of amides is 2. The van der Waals surface area contributed by atoms with Gasteiger partial charge in [0, 0.05) is 10.5 Å². The summed E-state index contributed by atoms with van der Waals surface area (Å²) in [7, 11) is 1.58. The Morgan fingerprint density at radius 1 is 1.10 bits per heavy atom. The molecule has 0 fully saturated rings. The molecular weight excluding hydrogens is 458 g/mol. The lowest BCUT2D eigenvalue weighted by Crippen LogP contribution is -2.49. The number of rotatable bonds is 6. The maximum atomic E-state index is 11.9. The number of hydrogen-bond donors (Lipinski definition) is 3. The highest BCUT2D eigenvalue weighted by molar-refractivity contribution is 9.10. The molecule has 0 radical (unpaired) electrons. The second-order valence-corrected chi connectivity index (χ2v) is 7.06. The molecule has 0 aliphatic heterocycles. The van der Waals surface area contributed by atoms with E-state index in [0.29, 0.717) is 5.75 Å². The number of carbonyl (C=O) groups excluding carboxylic acids is 2. The van der Waals surface area contributed by atoms with Crippen molar-refractivity contribution in [3.8, 4) is 11.5 Å². The van der Waals surface area contributed by atoms with Gasteiger partial charge in [0.05, 0.1) is 7.11 Å². The molecule has 2 amide bonds. The number of ether oxygens (including phenoxy) is 2. The van der Waals surface area contributed by atoms with Crippen LogP contribution < -0.4 is 25.6 Å². The van der Waals surface area contributed by atoms with Crippen molar-refractivity contribution in [1.29, 1.82) is 0 Å². The highest BCUT2D eigenvalue weighted by Crippen LogP contribution is 2.21. The second kappa shape index (κ2) is 11.2. The Morgan fingerprint density at radius 3 is 2.45 bits per heavy atom. The van der Waals surface area contributed by atoms with Gasteiger partial charge in [-0.25, -0.2) is 0 Å². The predicted octanol–water partition coefficient (Wildman–Crippen LogP) is 2.88. The molecule has 3 N–H and O–H groups in total. The molecule has 9 heteroatoms. The van der Waals surface area contributed by atoms with Gasteiger partial charge in [-0.2, -0.15) is 0 Å². The van der Waals surface area contributed by atoms with Gasteiger partial charge in [0.15, 0.2) is 11.7 Å². The minimum atomic E-state index is -0.448. The predicted molar refractivity (Wildman–Crippen MR) is 118 cm³/mol. The van der Waals surface area contributed by atoms with Crippen molar-refractivity contribution in [1.82, 2.24) is 16.2 Å². The summed E-state index contributed by atoms with van der Waals surface area (Å²) in [6.45, 7) is 1.71. The topological polar surface area (TPSA) is 88.7 Å². The van der Waals surface area contributed by atoms with E-state index in [9.17, 15) is 9.59 Å². The van der Waals surface area contributed by atoms with E-state index in [1.165, 1.54) is 6.08 Å². The summed E-state index contributed by atoms with van der Waals surface area (Å²) < 4.78 is 11.4. The summed E-state index contributed by atoms with van der Waals surface area (Å²) >= 11 is 8.36. The third-order valence-electron chi connectivity index (χ3n) is 3.59. The van der Waals surface area contributed by atoms with Gasteiger partial charge in [0.1, 0.15) is 11.5 Å². The lowest BCUT2D eigenvalue weighted by atomic mass is 10.2. The molecule has 7 nitrogen and oxygen atoms in total. The van der Waals surface area contributed by atoms with Crippen LogP contribution in [-0.2, 0) is 9.59 Å². The Bertz CT molecular complexity index is 916. The van der Waals surface area contributed by atoms with Crippen LogP contribution in [0.1, 0.15) is 11.1 Å². The first-order chi connectivity index (χ1) is 13.9. The molecule has 0 aliphatic rings. The van der Waals surface area contributed by atoms with Gasteiger partial charge in [-0.05, 0) is 66.7 Å². The molecule has 0 aliphatic carbocycles. The number of aryl methyl sites for hydroxylation is 1. The summed E-state index contributed by atoms with van der Waals surface area (Å²) in [5, 5.41) is 2.39. The first kappa shape index (κ1) is 22.4. The molecule has 0 saturated heterocycles. The molecule has 0 spiro atoms. The molecule has 0 saturated carbocycles. The fourth-order valence-corrected chi connectivity index (χ4v) is 2.49. The third-order valence-corrected chi connectivity index (χ3v) is 4.69. The highest BCUT2D eigenvalue weighted by atomic mass is 79.9. The van der Waals surface area contributed by atoms with Crippen LogP contribution in [0, 0.1) is 6.92 Å². The monoisotopic (exact) mass is 477 g/mol. The van der Waals surface area contributed by atoms with Crippen LogP contribution in [0.3, 0.4) is 0 Å². The number of carbonyl (C=O) groups is 2. The quantitative estimate of drug-likeness (QED) is 0.336. The maximum Gasteiger partial charge on any atom is 0.276 e. The van der Waals surface area contributed by atoms with Crippen molar-refractivity contribution in [3.63, 3.8) is 0 Å². The molecule has 29 heavy (non-hydrogen) atoms. The molecule has 2 aromatic carbocycles. The Hall–Kier alpha value is -2.91. The minimum absolute atomic E-state index is 0.0396. The van der Waals surface area contributed by atoms with E-state index in [4.69, 9.17) is 21.7 Å². The molecule has 2 rings (SSSR count). The van der Waals surface area contributed by atoms with E-state index < -0.39 is 11.8 Å². The SMILES string of the molecule is COc1ccc(C=CC(=O)NC(=S)NNC(=O)COc2ccc(Br)c(C)c2)cc1. The summed E-state index contributed by atoms with van der Waals surface area (Å²) in [6.07, 6.45) is 2.96. The van der Waals surface area contributed by atoms with Gasteiger partial charge in [0.2, 0.25) is 5.91 Å². The zero-order valence-electron chi connectivity index (χ0n) is 15.8. The number of methoxy groups -OCH3 is 1. The van der Waals surface area contributed by atoms with Crippen molar-refractivity contribution < 1.29 is 19.1 Å². The Labute approximate surface area is 182 Å². The average molecular weight is 478 g/mol. The lowest BCUT2D eigenvalue weighted by molar-refractivity contribution is -0.123. The number of halogens is 1. The summed E-state index contributed by atoms with van der Waals surface area (Å²) in [5.74, 6) is 0.414. The van der Waals surface area contributed by atoms with E-state index in [0.717, 1.165) is 21.3 Å². The number of nitrogens with one attached hydrogen (secondary N) is 3. The fourth-order valence-electron chi connectivity index (χ4n) is 2.09. The molecule has 0 aromatic heterocycles. The molecule has 0 unspecified atom stereocenters. The average Bonchev–Trinajstić information content (AvgIpc) is 2.72. The molecule has 2 aromatic rings. The maximum absolute atomic E-state index is 11.9. The van der Waals surface area contributed by atoms with E-state index in [-0.39, 0.29) is 11.7 Å². The van der Waals surface area contributed by atoms with E-state index in [1.807, 2.05) is 31.2 Å². The van der Waals surface area contributed by atoms with E-state index >= 15 is 0 Å². The van der Waals surface area contributed by atoms with Crippen LogP contribution in [0.5, 0.6) is 11.5 Å². The molecular formula is C20H20BrN3O4S. The largest absolute Gasteiger partial charge is 0.497 e. The van der Waals surface area contributed by atoms with Crippen LogP contribution in [0.15, 0.2) is 53.0 Å². The van der Waals surface area contributed by atoms with Crippen molar-refractivity contribution in [2.45, 2.75) is 6.92 Å². The van der Waals surface area contributed by atoms with Crippen molar-refractivity contribution >= 4 is 51.2 Å². The van der Waals surface area contributed by atoms with Crippen molar-refractivity contribution in [2.24, 2.45) is 0 Å². The van der Waals surface area contributed by atoms with Gasteiger partial charge < -0.3 is 9.47 Å². The van der Waals surface area contributed by atoms with Crippen LogP contribution in [0.2, 0.25) is 0 Å². The molecule has 0 heterocycles. The van der Waals surface area contributed by atoms with Gasteiger partial charge in [-0.1, -0.05) is 28.1 Å². The summed E-state index contributed by atoms with van der Waals surface area (Å²) in [5.41, 5.74) is 6.62. The first-order valence-corrected chi connectivity index (χ1v) is 9.68. The van der Waals surface area contributed by atoms with Crippen LogP contribution in [0.4, 0.5) is 0 Å². The standard InChI is InChI=1S/C20H20BrN3O4S/c1-13-11-16(8-9-17(13)21)28-12-19(26)23-24-20(29)22-18(25)10-5-14-3-6-15(27-2)7-4-14/h3-11H,12H2,1-2H3,(H,23,26)(H2,22,24,25,29). The second-order valence-electron chi connectivity index (χ2n) is 5.80. The van der Waals surface area contributed by atoms with Crippen LogP contribution in [-0.4, -0.2) is 30.6 Å². The smallest absolute Gasteiger partial charge is 0.276 e. The summed E-state index contributed by atoms with van der Waals surface area (Å²) in [4.78, 5) is 23.7. The minimum Gasteiger partial charge on any atom is -0.497 e. The Morgan fingerprint density at radius 2 is 1.79 bits per heavy atom. The summed E-state index contributed by atoms with van der Waals surface area (Å²) in [6, 6.07) is 12.6. The number of benzene rings is 2. The van der Waals surface area contributed by atoms with Gasteiger partial charge in [-0.15, -0.1) is 0 Å². The number of thiocarbonyl (C=S) groups is 1. The van der Waals surface area contributed by atoms with Crippen LogP contribution >= 0.6 is 28.1 Å². The molecule has 152 valence electrons. The van der Waals surface area contributed by atoms with Crippen molar-refractivity contribution in [3.05, 3.63) is 64.1 Å². The lowest BCUT2D eigenvalue weighted by Gasteiger charge is -2.11. The Kier molecular flexibility index (Phi) is 8.63. The van der Waals surface area contributed by atoms with E-state index in [1.54, 1.807) is 31.4 Å². The van der Waals surface area contributed by atoms with E-state index in [2.05, 4.69) is 32.1 Å². The number of hydrazine groups is 1. The third kappa shape index (κ3) is 7.92. The zero-order valence-corrected chi connectivity index (χ0v) is 18.2. The van der Waals surface area contributed by atoms with Gasteiger partial charge >= 0.3 is 0 Å². The Balaban J connectivity index is 1.70. The molecule has 0 bridgehead atoms. The normalized spacial score (nSPS) is 10.3. The highest BCUT2D eigenvalue weighted by Gasteiger charge is 2.06. The van der Waals surface area contributed by atoms with Crippen molar-refractivity contribution in [2.75, 3.05) is 13.7 Å². The number of hydrogen-bond acceptors (Lipinski definition) is 5. The first-order valence-electron chi connectivity index (χ1n) is 8.48. The fraction of sp³-hybridized carbons (Fsp3) is 0.150. The zero-order chi connectivity index (χ0) is 21.2.